The van der Waals surface area contributed by atoms with Crippen molar-refractivity contribution in [3.63, 3.8) is 0 Å². The third kappa shape index (κ3) is 4.43. The lowest BCUT2D eigenvalue weighted by Crippen LogP contribution is -2.15. The summed E-state index contributed by atoms with van der Waals surface area (Å²) < 4.78 is 34.2. The zero-order valence-corrected chi connectivity index (χ0v) is 17.5. The van der Waals surface area contributed by atoms with Gasteiger partial charge in [0.15, 0.2) is 0 Å². The maximum atomic E-state index is 13.1. The van der Waals surface area contributed by atoms with Gasteiger partial charge in [0, 0.05) is 10.9 Å². The summed E-state index contributed by atoms with van der Waals surface area (Å²) in [6, 6.07) is 10.2. The summed E-state index contributed by atoms with van der Waals surface area (Å²) in [5.41, 5.74) is 2.70. The highest BCUT2D eigenvalue weighted by Gasteiger charge is 2.22. The topological polar surface area (TPSA) is 68.3 Å². The van der Waals surface area contributed by atoms with E-state index in [1.54, 1.807) is 43.3 Å². The number of halogens is 1. The third-order valence-corrected chi connectivity index (χ3v) is 6.29. The van der Waals surface area contributed by atoms with Gasteiger partial charge < -0.3 is 4.74 Å². The molecule has 3 aromatic rings. The molecule has 0 atom stereocenters. The average Bonchev–Trinajstić information content (AvgIpc) is 3.04. The van der Waals surface area contributed by atoms with Gasteiger partial charge in [-0.3, -0.25) is 4.72 Å². The average molecular weight is 423 g/mol. The predicted octanol–water partition coefficient (Wildman–Crippen LogP) is 5.28. The molecule has 142 valence electrons. The Bertz CT molecular complexity index is 1080. The Kier molecular flexibility index (Phi) is 5.74. The lowest BCUT2D eigenvalue weighted by atomic mass is 10.2. The van der Waals surface area contributed by atoms with E-state index in [-0.39, 0.29) is 10.6 Å². The molecule has 0 bridgehead atoms. The van der Waals surface area contributed by atoms with Gasteiger partial charge in [0.1, 0.15) is 10.6 Å². The van der Waals surface area contributed by atoms with Gasteiger partial charge in [-0.05, 0) is 56.7 Å². The van der Waals surface area contributed by atoms with Crippen LogP contribution in [0.1, 0.15) is 17.5 Å². The first kappa shape index (κ1) is 19.7. The van der Waals surface area contributed by atoms with E-state index in [1.165, 1.54) is 11.3 Å². The van der Waals surface area contributed by atoms with Crippen molar-refractivity contribution < 1.29 is 13.2 Å². The molecular formula is C19H19ClN2O3S2. The molecule has 0 aliphatic heterocycles. The minimum atomic E-state index is -3.91. The van der Waals surface area contributed by atoms with E-state index in [1.807, 2.05) is 19.2 Å². The fraction of sp³-hybridized carbons (Fsp3) is 0.211. The lowest BCUT2D eigenvalue weighted by Gasteiger charge is -2.14. The number of ether oxygens (including phenoxy) is 1. The summed E-state index contributed by atoms with van der Waals surface area (Å²) in [4.78, 5) is 4.47. The molecule has 0 radical (unpaired) electrons. The first-order chi connectivity index (χ1) is 12.8. The number of hydrogen-bond acceptors (Lipinski definition) is 5. The molecule has 0 amide bonds. The number of anilines is 1. The van der Waals surface area contributed by atoms with Gasteiger partial charge in [-0.25, -0.2) is 13.4 Å². The number of thiazole rings is 1. The second-order valence-electron chi connectivity index (χ2n) is 5.94. The summed E-state index contributed by atoms with van der Waals surface area (Å²) in [5.74, 6) is 0.281. The molecular weight excluding hydrogens is 404 g/mol. The molecule has 8 heteroatoms. The minimum Gasteiger partial charge on any atom is -0.492 e. The Balaban J connectivity index is 2.06. The molecule has 1 aromatic heterocycles. The highest BCUT2D eigenvalue weighted by molar-refractivity contribution is 7.92. The first-order valence-corrected chi connectivity index (χ1v) is 11.0. The minimum absolute atomic E-state index is 0.0455. The maximum Gasteiger partial charge on any atom is 0.265 e. The van der Waals surface area contributed by atoms with E-state index >= 15 is 0 Å². The van der Waals surface area contributed by atoms with Gasteiger partial charge >= 0.3 is 0 Å². The van der Waals surface area contributed by atoms with E-state index in [4.69, 9.17) is 16.3 Å². The van der Waals surface area contributed by atoms with Gasteiger partial charge in [-0.1, -0.05) is 17.7 Å². The van der Waals surface area contributed by atoms with Crippen LogP contribution >= 0.6 is 22.9 Å². The number of benzene rings is 2. The standard InChI is InChI=1S/C19H19ClN2O3S2/c1-4-25-18-8-6-14(17-11-26-13(3)21-17)10-19(18)27(23,24)22-16-7-5-12(2)9-15(16)20/h5-11,22H,4H2,1-3H3. The highest BCUT2D eigenvalue weighted by atomic mass is 35.5. The van der Waals surface area contributed by atoms with E-state index in [2.05, 4.69) is 9.71 Å². The second-order valence-corrected chi connectivity index (χ2v) is 9.06. The number of hydrogen-bond donors (Lipinski definition) is 1. The van der Waals surface area contributed by atoms with Gasteiger partial charge in [0.25, 0.3) is 10.0 Å². The van der Waals surface area contributed by atoms with Gasteiger partial charge in [-0.2, -0.15) is 0 Å². The largest absolute Gasteiger partial charge is 0.492 e. The molecule has 0 unspecified atom stereocenters. The quantitative estimate of drug-likeness (QED) is 0.586. The van der Waals surface area contributed by atoms with Crippen LogP contribution in [0.25, 0.3) is 11.3 Å². The molecule has 0 saturated carbocycles. The van der Waals surface area contributed by atoms with Crippen molar-refractivity contribution in [2.24, 2.45) is 0 Å². The molecule has 2 aromatic carbocycles. The molecule has 0 saturated heterocycles. The third-order valence-electron chi connectivity index (χ3n) is 3.82. The molecule has 1 heterocycles. The van der Waals surface area contributed by atoms with Crippen molar-refractivity contribution in [1.82, 2.24) is 4.98 Å². The van der Waals surface area contributed by atoms with Crippen LogP contribution in [0.5, 0.6) is 5.75 Å². The van der Waals surface area contributed by atoms with Gasteiger partial charge in [-0.15, -0.1) is 11.3 Å². The number of aromatic nitrogens is 1. The van der Waals surface area contributed by atoms with Crippen molar-refractivity contribution in [3.05, 3.63) is 57.4 Å². The van der Waals surface area contributed by atoms with Crippen LogP contribution in [-0.2, 0) is 10.0 Å². The number of aryl methyl sites for hydroxylation is 2. The van der Waals surface area contributed by atoms with E-state index < -0.39 is 10.0 Å². The van der Waals surface area contributed by atoms with Crippen LogP contribution < -0.4 is 9.46 Å². The Labute approximate surface area is 168 Å². The molecule has 0 fully saturated rings. The zero-order chi connectivity index (χ0) is 19.6. The summed E-state index contributed by atoms with van der Waals surface area (Å²) in [6.45, 7) is 5.94. The predicted molar refractivity (Wildman–Crippen MR) is 110 cm³/mol. The SMILES string of the molecule is CCOc1ccc(-c2csc(C)n2)cc1S(=O)(=O)Nc1ccc(C)cc1Cl. The zero-order valence-electron chi connectivity index (χ0n) is 15.1. The lowest BCUT2D eigenvalue weighted by molar-refractivity contribution is 0.331. The van der Waals surface area contributed by atoms with Crippen LogP contribution in [0.2, 0.25) is 5.02 Å². The Morgan fingerprint density at radius 3 is 2.59 bits per heavy atom. The molecule has 5 nitrogen and oxygen atoms in total. The number of rotatable bonds is 6. The Morgan fingerprint density at radius 2 is 1.96 bits per heavy atom. The number of nitrogens with one attached hydrogen (secondary N) is 1. The second kappa shape index (κ2) is 7.88. The van der Waals surface area contributed by atoms with Crippen LogP contribution in [0.4, 0.5) is 5.69 Å². The fourth-order valence-electron chi connectivity index (χ4n) is 2.55. The summed E-state index contributed by atoms with van der Waals surface area (Å²) in [5, 5.41) is 3.14. The van der Waals surface area contributed by atoms with Crippen LogP contribution in [-0.4, -0.2) is 20.0 Å². The molecule has 27 heavy (non-hydrogen) atoms. The summed E-state index contributed by atoms with van der Waals surface area (Å²) in [7, 11) is -3.91. The van der Waals surface area contributed by atoms with Crippen molar-refractivity contribution in [3.8, 4) is 17.0 Å². The molecule has 1 N–H and O–H groups in total. The smallest absolute Gasteiger partial charge is 0.265 e. The summed E-state index contributed by atoms with van der Waals surface area (Å²) >= 11 is 7.70. The highest BCUT2D eigenvalue weighted by Crippen LogP contribution is 2.33. The van der Waals surface area contributed by atoms with Crippen LogP contribution in [0, 0.1) is 13.8 Å². The Hall–Kier alpha value is -2.09. The fourth-order valence-corrected chi connectivity index (χ4v) is 4.76. The molecule has 0 spiro atoms. The molecule has 0 aliphatic rings. The molecule has 0 aliphatic carbocycles. The van der Waals surface area contributed by atoms with E-state index in [0.29, 0.717) is 22.9 Å². The van der Waals surface area contributed by atoms with Crippen LogP contribution in [0.3, 0.4) is 0 Å². The van der Waals surface area contributed by atoms with Gasteiger partial charge in [0.05, 0.1) is 28.0 Å². The van der Waals surface area contributed by atoms with Crippen molar-refractivity contribution in [2.45, 2.75) is 25.7 Å². The van der Waals surface area contributed by atoms with E-state index in [0.717, 1.165) is 16.3 Å². The Morgan fingerprint density at radius 1 is 1.19 bits per heavy atom. The van der Waals surface area contributed by atoms with E-state index in [9.17, 15) is 8.42 Å². The molecule has 3 rings (SSSR count). The normalized spacial score (nSPS) is 11.4. The van der Waals surface area contributed by atoms with Crippen molar-refractivity contribution >= 4 is 38.6 Å². The van der Waals surface area contributed by atoms with Gasteiger partial charge in [0.2, 0.25) is 0 Å². The maximum absolute atomic E-state index is 13.1. The number of sulfonamides is 1. The monoisotopic (exact) mass is 422 g/mol. The first-order valence-electron chi connectivity index (χ1n) is 8.28. The number of nitrogens with zero attached hydrogens (tertiary/aromatic N) is 1. The van der Waals surface area contributed by atoms with Crippen LogP contribution in [0.15, 0.2) is 46.7 Å². The van der Waals surface area contributed by atoms with Crippen molar-refractivity contribution in [1.29, 1.82) is 0 Å². The van der Waals surface area contributed by atoms with Crippen molar-refractivity contribution in [2.75, 3.05) is 11.3 Å². The summed E-state index contributed by atoms with van der Waals surface area (Å²) in [6.07, 6.45) is 0.